The van der Waals surface area contributed by atoms with Gasteiger partial charge in [0.05, 0.1) is 5.41 Å². The predicted molar refractivity (Wildman–Crippen MR) is 83.4 cm³/mol. The third-order valence-corrected chi connectivity index (χ3v) is 5.52. The Kier molecular flexibility index (Phi) is 4.03. The number of fused-ring (bicyclic) bond motifs is 1. The molecule has 1 aromatic carbocycles. The maximum absolute atomic E-state index is 11.7. The van der Waals surface area contributed by atoms with Gasteiger partial charge in [0, 0.05) is 19.6 Å². The molecule has 3 heteroatoms. The van der Waals surface area contributed by atoms with Gasteiger partial charge >= 0.3 is 5.97 Å². The molecule has 1 aliphatic heterocycles. The number of carboxylic acid groups (broad SMARTS) is 1. The van der Waals surface area contributed by atoms with Gasteiger partial charge in [0.1, 0.15) is 0 Å². The van der Waals surface area contributed by atoms with E-state index in [1.54, 1.807) is 0 Å². The van der Waals surface area contributed by atoms with Gasteiger partial charge in [0.25, 0.3) is 0 Å². The Balaban J connectivity index is 1.58. The first-order valence-electron chi connectivity index (χ1n) is 8.17. The number of likely N-dealkylation sites (tertiary alicyclic amines) is 1. The molecule has 0 amide bonds. The second-order valence-electron chi connectivity index (χ2n) is 6.71. The lowest BCUT2D eigenvalue weighted by Crippen LogP contribution is -2.36. The molecule has 0 aromatic heterocycles. The van der Waals surface area contributed by atoms with E-state index in [9.17, 15) is 9.90 Å². The molecule has 3 nitrogen and oxygen atoms in total. The molecule has 1 N–H and O–H groups in total. The Hall–Kier alpha value is -1.35. The minimum Gasteiger partial charge on any atom is -0.481 e. The van der Waals surface area contributed by atoms with Crippen LogP contribution in [0.15, 0.2) is 24.3 Å². The summed E-state index contributed by atoms with van der Waals surface area (Å²) in [6.07, 6.45) is 5.15. The first-order chi connectivity index (χ1) is 10.1. The Morgan fingerprint density at radius 3 is 2.67 bits per heavy atom. The van der Waals surface area contributed by atoms with Crippen LogP contribution in [-0.4, -0.2) is 35.6 Å². The first kappa shape index (κ1) is 14.6. The third kappa shape index (κ3) is 2.71. The highest BCUT2D eigenvalue weighted by Crippen LogP contribution is 2.48. The number of rotatable bonds is 5. The highest BCUT2D eigenvalue weighted by Gasteiger charge is 2.54. The molecule has 1 saturated carbocycles. The fraction of sp³-hybridized carbons (Fsp3) is 0.611. The number of hydrogen-bond acceptors (Lipinski definition) is 2. The summed E-state index contributed by atoms with van der Waals surface area (Å²) in [5, 5.41) is 9.61. The van der Waals surface area contributed by atoms with Gasteiger partial charge in [-0.05, 0) is 42.7 Å². The second-order valence-corrected chi connectivity index (χ2v) is 6.71. The lowest BCUT2D eigenvalue weighted by molar-refractivity contribution is -0.149. The summed E-state index contributed by atoms with van der Waals surface area (Å²) >= 11 is 0. The topological polar surface area (TPSA) is 40.5 Å². The van der Waals surface area contributed by atoms with Crippen LogP contribution < -0.4 is 0 Å². The van der Waals surface area contributed by atoms with Crippen molar-refractivity contribution in [3.63, 3.8) is 0 Å². The molecule has 3 rings (SSSR count). The Labute approximate surface area is 127 Å². The predicted octanol–water partition coefficient (Wildman–Crippen LogP) is 2.98. The smallest absolute Gasteiger partial charge is 0.311 e. The normalized spacial score (nSPS) is 28.7. The monoisotopic (exact) mass is 287 g/mol. The molecule has 2 atom stereocenters. The molecule has 0 unspecified atom stereocenters. The van der Waals surface area contributed by atoms with Crippen LogP contribution in [0.5, 0.6) is 0 Å². The summed E-state index contributed by atoms with van der Waals surface area (Å²) in [5.41, 5.74) is 2.29. The Morgan fingerprint density at radius 1 is 1.33 bits per heavy atom. The summed E-state index contributed by atoms with van der Waals surface area (Å²) in [6.45, 7) is 4.87. The average Bonchev–Trinajstić information content (AvgIpc) is 3.03. The van der Waals surface area contributed by atoms with Gasteiger partial charge < -0.3 is 10.0 Å². The van der Waals surface area contributed by atoms with Crippen LogP contribution in [0.1, 0.15) is 37.3 Å². The van der Waals surface area contributed by atoms with Gasteiger partial charge in [-0.25, -0.2) is 0 Å². The van der Waals surface area contributed by atoms with E-state index in [0.717, 1.165) is 51.7 Å². The van der Waals surface area contributed by atoms with E-state index in [0.29, 0.717) is 5.92 Å². The summed E-state index contributed by atoms with van der Waals surface area (Å²) < 4.78 is 0. The van der Waals surface area contributed by atoms with Crippen LogP contribution in [0.4, 0.5) is 0 Å². The van der Waals surface area contributed by atoms with Crippen molar-refractivity contribution in [2.75, 3.05) is 19.6 Å². The number of nitrogens with zero attached hydrogens (tertiary/aromatic N) is 1. The highest BCUT2D eigenvalue weighted by atomic mass is 16.4. The fourth-order valence-corrected chi connectivity index (χ4v) is 4.14. The van der Waals surface area contributed by atoms with Gasteiger partial charge in [-0.15, -0.1) is 0 Å². The van der Waals surface area contributed by atoms with E-state index >= 15 is 0 Å². The van der Waals surface area contributed by atoms with Crippen molar-refractivity contribution in [2.45, 2.75) is 39.0 Å². The fourth-order valence-electron chi connectivity index (χ4n) is 4.14. The third-order valence-electron chi connectivity index (χ3n) is 5.52. The Bertz CT molecular complexity index is 510. The van der Waals surface area contributed by atoms with Gasteiger partial charge in [-0.3, -0.25) is 4.79 Å². The van der Waals surface area contributed by atoms with Crippen LogP contribution in [0.3, 0.4) is 0 Å². The van der Waals surface area contributed by atoms with Crippen molar-refractivity contribution in [1.29, 1.82) is 0 Å². The summed E-state index contributed by atoms with van der Waals surface area (Å²) in [4.78, 5) is 14.0. The first-order valence-corrected chi connectivity index (χ1v) is 8.17. The molecular weight excluding hydrogens is 262 g/mol. The zero-order chi connectivity index (χ0) is 14.9. The molecule has 1 aromatic rings. The molecule has 0 spiro atoms. The zero-order valence-electron chi connectivity index (χ0n) is 12.8. The minimum absolute atomic E-state index is 0.373. The number of carbonyl (C=O) groups is 1. The lowest BCUT2D eigenvalue weighted by atomic mass is 9.81. The largest absolute Gasteiger partial charge is 0.481 e. The van der Waals surface area contributed by atoms with E-state index in [1.807, 2.05) is 0 Å². The average molecular weight is 287 g/mol. The minimum atomic E-state index is -0.570. The lowest BCUT2D eigenvalue weighted by Gasteiger charge is -2.23. The maximum Gasteiger partial charge on any atom is 0.311 e. The summed E-state index contributed by atoms with van der Waals surface area (Å²) in [5.74, 6) is -0.197. The number of hydrogen-bond donors (Lipinski definition) is 1. The van der Waals surface area contributed by atoms with Gasteiger partial charge in [-0.1, -0.05) is 37.6 Å². The molecule has 2 aliphatic rings. The van der Waals surface area contributed by atoms with Crippen LogP contribution in [0.25, 0.3) is 0 Å². The summed E-state index contributed by atoms with van der Waals surface area (Å²) in [6, 6.07) is 8.82. The quantitative estimate of drug-likeness (QED) is 0.905. The van der Waals surface area contributed by atoms with E-state index in [4.69, 9.17) is 0 Å². The molecule has 21 heavy (non-hydrogen) atoms. The van der Waals surface area contributed by atoms with E-state index in [2.05, 4.69) is 36.1 Å². The van der Waals surface area contributed by atoms with Crippen molar-refractivity contribution in [2.24, 2.45) is 11.3 Å². The zero-order valence-corrected chi connectivity index (χ0v) is 12.8. The van der Waals surface area contributed by atoms with Crippen LogP contribution >= 0.6 is 0 Å². The molecule has 1 saturated heterocycles. The molecule has 0 radical (unpaired) electrons. The van der Waals surface area contributed by atoms with Gasteiger partial charge in [0.2, 0.25) is 0 Å². The standard InChI is InChI=1S/C18H25NO2/c1-2-14-5-7-15(8-6-14)9-11-19-12-16-4-3-10-18(16,13-19)17(20)21/h5-8,16H,2-4,9-13H2,1H3,(H,20,21)/t16-,18+/m0/s1. The van der Waals surface area contributed by atoms with Crippen LogP contribution in [0.2, 0.25) is 0 Å². The number of carboxylic acids is 1. The molecule has 1 heterocycles. The highest BCUT2D eigenvalue weighted by molar-refractivity contribution is 5.76. The van der Waals surface area contributed by atoms with Gasteiger partial charge in [-0.2, -0.15) is 0 Å². The van der Waals surface area contributed by atoms with E-state index in [-0.39, 0.29) is 0 Å². The SMILES string of the molecule is CCc1ccc(CCN2C[C@@H]3CCC[C@@]3(C(=O)O)C2)cc1. The van der Waals surface area contributed by atoms with Crippen LogP contribution in [0, 0.1) is 11.3 Å². The molecule has 114 valence electrons. The van der Waals surface area contributed by atoms with Gasteiger partial charge in [0.15, 0.2) is 0 Å². The molecule has 2 fully saturated rings. The van der Waals surface area contributed by atoms with Crippen molar-refractivity contribution in [3.8, 4) is 0 Å². The van der Waals surface area contributed by atoms with E-state index in [1.165, 1.54) is 11.1 Å². The number of benzene rings is 1. The second kappa shape index (κ2) is 5.80. The van der Waals surface area contributed by atoms with Crippen molar-refractivity contribution < 1.29 is 9.90 Å². The molecular formula is C18H25NO2. The summed E-state index contributed by atoms with van der Waals surface area (Å²) in [7, 11) is 0. The van der Waals surface area contributed by atoms with Crippen molar-refractivity contribution in [1.82, 2.24) is 4.90 Å². The van der Waals surface area contributed by atoms with Crippen LogP contribution in [-0.2, 0) is 17.6 Å². The number of aliphatic carboxylic acids is 1. The van der Waals surface area contributed by atoms with Crippen molar-refractivity contribution >= 4 is 5.97 Å². The number of aryl methyl sites for hydroxylation is 1. The van der Waals surface area contributed by atoms with Crippen molar-refractivity contribution in [3.05, 3.63) is 35.4 Å². The van der Waals surface area contributed by atoms with E-state index < -0.39 is 11.4 Å². The molecule has 1 aliphatic carbocycles. The maximum atomic E-state index is 11.7. The Morgan fingerprint density at radius 2 is 2.05 bits per heavy atom. The molecule has 0 bridgehead atoms.